The number of nitrogens with zero attached hydrogens (tertiary/aromatic N) is 1. The molecule has 2 atom stereocenters. The van der Waals surface area contributed by atoms with Gasteiger partial charge < -0.3 is 14.5 Å². The van der Waals surface area contributed by atoms with Crippen LogP contribution in [-0.4, -0.2) is 43.2 Å². The van der Waals surface area contributed by atoms with E-state index in [9.17, 15) is 4.79 Å². The highest BCUT2D eigenvalue weighted by molar-refractivity contribution is 5.90. The third-order valence-corrected chi connectivity index (χ3v) is 4.71. The highest BCUT2D eigenvalue weighted by atomic mass is 16.5. The van der Waals surface area contributed by atoms with Gasteiger partial charge >= 0.3 is 5.97 Å². The lowest BCUT2D eigenvalue weighted by molar-refractivity contribution is 0.0599. The van der Waals surface area contributed by atoms with Gasteiger partial charge in [-0.1, -0.05) is 0 Å². The lowest BCUT2D eigenvalue weighted by Gasteiger charge is -2.28. The largest absolute Gasteiger partial charge is 0.465 e. The number of nitrogens with one attached hydrogen (secondary N) is 1. The molecule has 5 nitrogen and oxygen atoms in total. The number of furan rings is 1. The number of esters is 1. The predicted molar refractivity (Wildman–Crippen MR) is 79.2 cm³/mol. The van der Waals surface area contributed by atoms with E-state index in [0.29, 0.717) is 23.4 Å². The topological polar surface area (TPSA) is 54.7 Å². The summed E-state index contributed by atoms with van der Waals surface area (Å²) >= 11 is 0. The molecule has 2 fully saturated rings. The van der Waals surface area contributed by atoms with Gasteiger partial charge in [-0.15, -0.1) is 0 Å². The van der Waals surface area contributed by atoms with E-state index in [1.807, 2.05) is 13.0 Å². The fraction of sp³-hybridized carbons (Fsp3) is 0.688. The number of rotatable bonds is 4. The van der Waals surface area contributed by atoms with Gasteiger partial charge in [0, 0.05) is 12.1 Å². The van der Waals surface area contributed by atoms with Crippen LogP contribution in [0.2, 0.25) is 0 Å². The average Bonchev–Trinajstić information content (AvgIpc) is 3.18. The second-order valence-electron chi connectivity index (χ2n) is 6.06. The Balaban J connectivity index is 1.69. The van der Waals surface area contributed by atoms with Gasteiger partial charge in [-0.05, 0) is 51.8 Å². The first-order valence-corrected chi connectivity index (χ1v) is 7.84. The normalized spacial score (nSPS) is 26.4. The summed E-state index contributed by atoms with van der Waals surface area (Å²) < 4.78 is 10.5. The van der Waals surface area contributed by atoms with E-state index in [1.165, 1.54) is 32.8 Å². The molecule has 2 aliphatic rings. The molecule has 0 amide bonds. The van der Waals surface area contributed by atoms with Crippen molar-refractivity contribution in [1.82, 2.24) is 10.2 Å². The van der Waals surface area contributed by atoms with Crippen molar-refractivity contribution in [1.29, 1.82) is 0 Å². The Kier molecular flexibility index (Phi) is 4.31. The van der Waals surface area contributed by atoms with E-state index in [1.54, 1.807) is 0 Å². The first kappa shape index (κ1) is 14.6. The van der Waals surface area contributed by atoms with Gasteiger partial charge in [0.05, 0.1) is 13.7 Å². The average molecular weight is 292 g/mol. The Labute approximate surface area is 125 Å². The standard InChI is InChI=1S/C16H24N2O3/c1-11-13(16(19)20-2)9-12(21-11)10-18-8-4-6-15(18)14-5-3-7-17-14/h9,14-15,17H,3-8,10H2,1-2H3. The first-order valence-electron chi connectivity index (χ1n) is 7.84. The van der Waals surface area contributed by atoms with E-state index >= 15 is 0 Å². The SMILES string of the molecule is COC(=O)c1cc(CN2CCCC2C2CCCN2)oc1C. The van der Waals surface area contributed by atoms with Gasteiger partial charge in [0.2, 0.25) is 0 Å². The lowest BCUT2D eigenvalue weighted by Crippen LogP contribution is -2.43. The number of aryl methyl sites for hydroxylation is 1. The van der Waals surface area contributed by atoms with E-state index in [0.717, 1.165) is 25.4 Å². The van der Waals surface area contributed by atoms with E-state index in [-0.39, 0.29) is 5.97 Å². The maximum Gasteiger partial charge on any atom is 0.341 e. The minimum atomic E-state index is -0.321. The van der Waals surface area contributed by atoms with Crippen LogP contribution in [0.5, 0.6) is 0 Å². The number of likely N-dealkylation sites (tertiary alicyclic amines) is 1. The van der Waals surface area contributed by atoms with Crippen molar-refractivity contribution >= 4 is 5.97 Å². The van der Waals surface area contributed by atoms with Crippen LogP contribution in [0, 0.1) is 6.92 Å². The summed E-state index contributed by atoms with van der Waals surface area (Å²) in [4.78, 5) is 14.1. The maximum absolute atomic E-state index is 11.7. The molecule has 3 heterocycles. The van der Waals surface area contributed by atoms with Crippen molar-refractivity contribution in [2.45, 2.75) is 51.2 Å². The molecule has 116 valence electrons. The summed E-state index contributed by atoms with van der Waals surface area (Å²) in [6, 6.07) is 3.04. The van der Waals surface area contributed by atoms with Crippen molar-refractivity contribution in [3.05, 3.63) is 23.2 Å². The molecule has 0 bridgehead atoms. The van der Waals surface area contributed by atoms with Gasteiger partial charge in [-0.25, -0.2) is 4.79 Å². The number of carbonyl (C=O) groups excluding carboxylic acids is 1. The molecule has 0 spiro atoms. The zero-order valence-corrected chi connectivity index (χ0v) is 12.9. The molecule has 1 aromatic rings. The third kappa shape index (κ3) is 2.99. The van der Waals surface area contributed by atoms with Crippen LogP contribution in [0.25, 0.3) is 0 Å². The predicted octanol–water partition coefficient (Wildman–Crippen LogP) is 2.09. The summed E-state index contributed by atoms with van der Waals surface area (Å²) in [5.74, 6) is 1.18. The number of hydrogen-bond acceptors (Lipinski definition) is 5. The maximum atomic E-state index is 11.7. The van der Waals surface area contributed by atoms with Crippen LogP contribution < -0.4 is 5.32 Å². The van der Waals surface area contributed by atoms with E-state index in [4.69, 9.17) is 9.15 Å². The van der Waals surface area contributed by atoms with Crippen molar-refractivity contribution in [3.63, 3.8) is 0 Å². The van der Waals surface area contributed by atoms with Crippen LogP contribution >= 0.6 is 0 Å². The monoisotopic (exact) mass is 292 g/mol. The molecular formula is C16H24N2O3. The highest BCUT2D eigenvalue weighted by Crippen LogP contribution is 2.27. The van der Waals surface area contributed by atoms with Crippen LogP contribution in [0.1, 0.15) is 47.6 Å². The van der Waals surface area contributed by atoms with Crippen molar-refractivity contribution < 1.29 is 13.9 Å². The minimum absolute atomic E-state index is 0.321. The fourth-order valence-electron chi connectivity index (χ4n) is 3.68. The Hall–Kier alpha value is -1.33. The summed E-state index contributed by atoms with van der Waals surface area (Å²) in [5.41, 5.74) is 0.544. The zero-order chi connectivity index (χ0) is 14.8. The quantitative estimate of drug-likeness (QED) is 0.861. The van der Waals surface area contributed by atoms with Gasteiger partial charge in [-0.2, -0.15) is 0 Å². The molecule has 0 aromatic carbocycles. The number of hydrogen-bond donors (Lipinski definition) is 1. The van der Waals surface area contributed by atoms with Gasteiger partial charge in [-0.3, -0.25) is 4.90 Å². The molecule has 21 heavy (non-hydrogen) atoms. The lowest BCUT2D eigenvalue weighted by atomic mass is 10.0. The highest BCUT2D eigenvalue weighted by Gasteiger charge is 2.33. The molecule has 1 aromatic heterocycles. The van der Waals surface area contributed by atoms with Crippen molar-refractivity contribution in [2.75, 3.05) is 20.2 Å². The Morgan fingerprint density at radius 1 is 1.48 bits per heavy atom. The Bertz CT molecular complexity index is 506. The first-order chi connectivity index (χ1) is 10.2. The smallest absolute Gasteiger partial charge is 0.341 e. The molecule has 0 aliphatic carbocycles. The van der Waals surface area contributed by atoms with Crippen LogP contribution in [0.15, 0.2) is 10.5 Å². The van der Waals surface area contributed by atoms with Crippen LogP contribution in [0.4, 0.5) is 0 Å². The molecule has 5 heteroatoms. The van der Waals surface area contributed by atoms with Crippen molar-refractivity contribution in [2.24, 2.45) is 0 Å². The number of ether oxygens (including phenoxy) is 1. The summed E-state index contributed by atoms with van der Waals surface area (Å²) in [5, 5.41) is 3.61. The summed E-state index contributed by atoms with van der Waals surface area (Å²) in [6.07, 6.45) is 5.04. The molecule has 0 saturated carbocycles. The minimum Gasteiger partial charge on any atom is -0.465 e. The number of methoxy groups -OCH3 is 1. The molecule has 3 rings (SSSR count). The molecule has 2 aliphatic heterocycles. The second kappa shape index (κ2) is 6.20. The van der Waals surface area contributed by atoms with Gasteiger partial charge in [0.1, 0.15) is 17.1 Å². The van der Waals surface area contributed by atoms with Gasteiger partial charge in [0.15, 0.2) is 0 Å². The van der Waals surface area contributed by atoms with Crippen LogP contribution in [-0.2, 0) is 11.3 Å². The Morgan fingerprint density at radius 3 is 3.05 bits per heavy atom. The van der Waals surface area contributed by atoms with Crippen LogP contribution in [0.3, 0.4) is 0 Å². The molecule has 2 saturated heterocycles. The fourth-order valence-corrected chi connectivity index (χ4v) is 3.68. The zero-order valence-electron chi connectivity index (χ0n) is 12.9. The Morgan fingerprint density at radius 2 is 2.33 bits per heavy atom. The van der Waals surface area contributed by atoms with E-state index in [2.05, 4.69) is 10.2 Å². The molecular weight excluding hydrogens is 268 g/mol. The molecule has 1 N–H and O–H groups in total. The molecule has 2 unspecified atom stereocenters. The summed E-state index contributed by atoms with van der Waals surface area (Å²) in [7, 11) is 1.40. The van der Waals surface area contributed by atoms with Gasteiger partial charge in [0.25, 0.3) is 0 Å². The molecule has 0 radical (unpaired) electrons. The summed E-state index contributed by atoms with van der Waals surface area (Å²) in [6.45, 7) is 4.84. The third-order valence-electron chi connectivity index (χ3n) is 4.71. The second-order valence-corrected chi connectivity index (χ2v) is 6.06. The van der Waals surface area contributed by atoms with E-state index < -0.39 is 0 Å². The van der Waals surface area contributed by atoms with Crippen molar-refractivity contribution in [3.8, 4) is 0 Å². The number of carbonyl (C=O) groups is 1.